The van der Waals surface area contributed by atoms with E-state index in [2.05, 4.69) is 26.4 Å². The van der Waals surface area contributed by atoms with E-state index >= 15 is 0 Å². The van der Waals surface area contributed by atoms with Crippen LogP contribution in [0.2, 0.25) is 0 Å². The summed E-state index contributed by atoms with van der Waals surface area (Å²) in [6.45, 7) is 3.23. The van der Waals surface area contributed by atoms with E-state index in [1.54, 1.807) is 12.1 Å². The number of thiazole rings is 1. The first-order valence-electron chi connectivity index (χ1n) is 15.5. The molecule has 18 nitrogen and oxygen atoms in total. The number of fused-ring (bicyclic) bond motifs is 2. The number of nitrogens with one attached hydrogen (secondary N) is 3. The van der Waals surface area contributed by atoms with Gasteiger partial charge in [0.15, 0.2) is 29.8 Å². The van der Waals surface area contributed by atoms with E-state index in [-0.39, 0.29) is 34.7 Å². The average Bonchev–Trinajstić information content (AvgIpc) is 3.72. The van der Waals surface area contributed by atoms with Gasteiger partial charge in [0.05, 0.1) is 10.9 Å². The molecule has 4 aromatic rings. The lowest BCUT2D eigenvalue weighted by atomic mass is 10.0. The van der Waals surface area contributed by atoms with Gasteiger partial charge in [0, 0.05) is 41.1 Å². The van der Waals surface area contributed by atoms with Crippen molar-refractivity contribution in [2.75, 3.05) is 11.5 Å². The van der Waals surface area contributed by atoms with Crippen LogP contribution in [-0.4, -0.2) is 82.8 Å². The Hall–Kier alpha value is -5.83. The summed E-state index contributed by atoms with van der Waals surface area (Å²) in [4.78, 5) is 73.1. The van der Waals surface area contributed by atoms with E-state index in [0.29, 0.717) is 17.7 Å². The van der Waals surface area contributed by atoms with Gasteiger partial charge in [0.25, 0.3) is 17.7 Å². The van der Waals surface area contributed by atoms with Crippen LogP contribution in [0.3, 0.4) is 0 Å². The molecule has 0 spiro atoms. The minimum Gasteiger partial charge on any atom is -0.478 e. The topological polar surface area (TPSA) is 260 Å². The molecule has 0 bridgehead atoms. The van der Waals surface area contributed by atoms with Crippen molar-refractivity contribution in [3.63, 3.8) is 0 Å². The van der Waals surface area contributed by atoms with Crippen molar-refractivity contribution in [3.05, 3.63) is 88.5 Å². The van der Waals surface area contributed by atoms with Crippen LogP contribution < -0.4 is 32.4 Å². The third-order valence-electron chi connectivity index (χ3n) is 8.29. The second-order valence-corrected chi connectivity index (χ2v) is 14.2. The van der Waals surface area contributed by atoms with Gasteiger partial charge in [-0.15, -0.1) is 23.1 Å². The Morgan fingerprint density at radius 3 is 2.56 bits per heavy atom. The normalized spacial score (nSPS) is 17.4. The molecule has 52 heavy (non-hydrogen) atoms. The van der Waals surface area contributed by atoms with Crippen molar-refractivity contribution in [1.82, 2.24) is 30.7 Å². The number of carbonyl (C=O) groups excluding carboxylic acids is 3. The lowest BCUT2D eigenvalue weighted by molar-refractivity contribution is -0.687. The summed E-state index contributed by atoms with van der Waals surface area (Å²) >= 11 is 2.32. The number of pyridine rings is 1. The Morgan fingerprint density at radius 1 is 1.15 bits per heavy atom. The van der Waals surface area contributed by atoms with E-state index in [1.165, 1.54) is 31.0 Å². The van der Waals surface area contributed by atoms with Gasteiger partial charge in [0.2, 0.25) is 5.60 Å². The SMILES string of the molecule is CC(C)(O/N=C(\C(=O)N[C@@H]1C(=O)N2C(C(=O)O)=C(C[n+]3ccc4c(ccn4Cc4ccc(C(=O)NNN)cc4)c3)CS[C@H]12)c1csc(N)n1)C(=O)O. The maximum absolute atomic E-state index is 13.4. The predicted molar refractivity (Wildman–Crippen MR) is 188 cm³/mol. The fourth-order valence-corrected chi connectivity index (χ4v) is 7.44. The molecule has 270 valence electrons. The maximum atomic E-state index is 13.4. The second-order valence-electron chi connectivity index (χ2n) is 12.2. The van der Waals surface area contributed by atoms with Crippen LogP contribution in [0, 0.1) is 0 Å². The van der Waals surface area contributed by atoms with Gasteiger partial charge in [0.1, 0.15) is 22.8 Å². The van der Waals surface area contributed by atoms with Gasteiger partial charge in [-0.3, -0.25) is 30.6 Å². The standard InChI is InChI=1S/C32H32N10O8S2/c1-32(2,30(48)49)50-38-22(20-15-52-31(33)35-20)26(44)36-23-27(45)42-24(29(46)47)19(14-51-28(23)42)13-40-9-8-21-18(12-40)7-10-41(21)11-16-3-5-17(6-4-16)25(43)37-39-34/h3-10,12,15,23,28H,11,13-14H2,1-2H3,(H8-,33,34,35,36,37,38,39,43,44,46,47,48,49)/p+1/t23-,28-/m1/s1. The number of thioether (sulfide) groups is 1. The molecule has 0 aliphatic carbocycles. The zero-order valence-corrected chi connectivity index (χ0v) is 29.2. The quantitative estimate of drug-likeness (QED) is 0.0316. The molecule has 0 radical (unpaired) electrons. The summed E-state index contributed by atoms with van der Waals surface area (Å²) in [5, 5.41) is 27.7. The molecule has 2 aliphatic heterocycles. The van der Waals surface area contributed by atoms with Crippen molar-refractivity contribution in [2.45, 2.75) is 44.0 Å². The van der Waals surface area contributed by atoms with Crippen LogP contribution >= 0.6 is 23.1 Å². The molecule has 9 N–H and O–H groups in total. The fraction of sp³-hybridized carbons (Fsp3) is 0.250. The Bertz CT molecular complexity index is 2160. The molecule has 2 atom stereocenters. The number of nitrogens with two attached hydrogens (primary N) is 2. The van der Waals surface area contributed by atoms with E-state index in [4.69, 9.17) is 16.4 Å². The number of aliphatic carboxylic acids is 2. The number of amides is 3. The summed E-state index contributed by atoms with van der Waals surface area (Å²) in [5.74, 6) is 0.937. The van der Waals surface area contributed by atoms with Crippen LogP contribution in [0.1, 0.15) is 35.5 Å². The number of oxime groups is 1. The third-order valence-corrected chi connectivity index (χ3v) is 10.3. The van der Waals surface area contributed by atoms with Gasteiger partial charge in [-0.2, -0.15) is 5.53 Å². The summed E-state index contributed by atoms with van der Waals surface area (Å²) < 4.78 is 3.89. The van der Waals surface area contributed by atoms with Crippen LogP contribution in [-0.2, 0) is 37.1 Å². The number of carboxylic acid groups (broad SMARTS) is 2. The van der Waals surface area contributed by atoms with Gasteiger partial charge in [-0.1, -0.05) is 17.3 Å². The van der Waals surface area contributed by atoms with Crippen molar-refractivity contribution in [1.29, 1.82) is 0 Å². The number of rotatable bonds is 13. The molecular weight excluding hydrogens is 717 g/mol. The number of nitrogen functional groups attached to an aromatic ring is 1. The Morgan fingerprint density at radius 2 is 1.90 bits per heavy atom. The third kappa shape index (κ3) is 7.17. The maximum Gasteiger partial charge on any atom is 0.352 e. The fourth-order valence-electron chi connectivity index (χ4n) is 5.56. The number of carbonyl (C=O) groups is 5. The minimum absolute atomic E-state index is 0.0139. The molecule has 6 rings (SSSR count). The van der Waals surface area contributed by atoms with E-state index in [9.17, 15) is 34.2 Å². The molecular formula is C32H33N10O8S2+. The number of hydrogen-bond donors (Lipinski definition) is 7. The first-order chi connectivity index (χ1) is 24.8. The molecule has 5 heterocycles. The number of benzene rings is 1. The zero-order valence-electron chi connectivity index (χ0n) is 27.6. The van der Waals surface area contributed by atoms with Gasteiger partial charge < -0.3 is 30.7 Å². The monoisotopic (exact) mass is 749 g/mol. The first-order valence-corrected chi connectivity index (χ1v) is 17.4. The molecule has 0 saturated carbocycles. The molecule has 1 aromatic carbocycles. The number of hydrogen-bond acceptors (Lipinski definition) is 13. The molecule has 3 amide bonds. The highest BCUT2D eigenvalue weighted by Gasteiger charge is 2.55. The summed E-state index contributed by atoms with van der Waals surface area (Å²) in [7, 11) is 0. The Labute approximate surface area is 303 Å². The Kier molecular flexibility index (Phi) is 9.98. The van der Waals surface area contributed by atoms with Crippen molar-refractivity contribution >= 4 is 74.5 Å². The number of hydrazine groups is 2. The highest BCUT2D eigenvalue weighted by molar-refractivity contribution is 8.00. The average molecular weight is 750 g/mol. The molecule has 2 aliphatic rings. The van der Waals surface area contributed by atoms with E-state index in [0.717, 1.165) is 32.7 Å². The van der Waals surface area contributed by atoms with Crippen molar-refractivity contribution in [2.24, 2.45) is 11.0 Å². The molecule has 20 heteroatoms. The molecule has 3 aromatic heterocycles. The van der Waals surface area contributed by atoms with Gasteiger partial charge >= 0.3 is 11.9 Å². The van der Waals surface area contributed by atoms with Gasteiger partial charge in [-0.25, -0.2) is 19.1 Å². The number of β-lactam (4-membered cyclic amide) rings is 1. The minimum atomic E-state index is -1.78. The van der Waals surface area contributed by atoms with Gasteiger partial charge in [-0.05, 0) is 37.6 Å². The Balaban J connectivity index is 1.16. The van der Waals surface area contributed by atoms with Crippen LogP contribution in [0.4, 0.5) is 5.13 Å². The smallest absolute Gasteiger partial charge is 0.352 e. The lowest BCUT2D eigenvalue weighted by Gasteiger charge is -2.49. The highest BCUT2D eigenvalue weighted by atomic mass is 32.2. The summed E-state index contributed by atoms with van der Waals surface area (Å²) in [6, 6.07) is 9.86. The lowest BCUT2D eigenvalue weighted by Crippen LogP contribution is -2.71. The number of aromatic nitrogens is 3. The summed E-state index contributed by atoms with van der Waals surface area (Å²) in [5.41, 5.74) is 10.7. The first kappa shape index (κ1) is 36.0. The van der Waals surface area contributed by atoms with Crippen LogP contribution in [0.25, 0.3) is 10.9 Å². The second kappa shape index (κ2) is 14.4. The van der Waals surface area contributed by atoms with Crippen molar-refractivity contribution in [3.8, 4) is 0 Å². The van der Waals surface area contributed by atoms with Crippen LogP contribution in [0.5, 0.6) is 0 Å². The number of anilines is 1. The van der Waals surface area contributed by atoms with Crippen LogP contribution in [0.15, 0.2) is 76.8 Å². The van der Waals surface area contributed by atoms with Crippen molar-refractivity contribution < 1.29 is 43.6 Å². The number of nitrogens with zero attached hydrogens (tertiary/aromatic N) is 5. The van der Waals surface area contributed by atoms with E-state index < -0.39 is 46.5 Å². The molecule has 1 saturated heterocycles. The van der Waals surface area contributed by atoms with E-state index in [1.807, 2.05) is 52.0 Å². The molecule has 0 unspecified atom stereocenters. The number of carboxylic acids is 2. The zero-order chi connectivity index (χ0) is 37.3. The largest absolute Gasteiger partial charge is 0.478 e. The highest BCUT2D eigenvalue weighted by Crippen LogP contribution is 2.40. The molecule has 1 fully saturated rings. The summed E-state index contributed by atoms with van der Waals surface area (Å²) in [6.07, 6.45) is 5.65. The predicted octanol–water partition coefficient (Wildman–Crippen LogP) is 0.147.